The predicted molar refractivity (Wildman–Crippen MR) is 77.3 cm³/mol. The van der Waals surface area contributed by atoms with Gasteiger partial charge in [0, 0.05) is 17.2 Å². The van der Waals surface area contributed by atoms with Crippen molar-refractivity contribution in [1.29, 1.82) is 0 Å². The summed E-state index contributed by atoms with van der Waals surface area (Å²) in [6, 6.07) is 14.7. The highest BCUT2D eigenvalue weighted by molar-refractivity contribution is 6.07. The molecule has 0 fully saturated rings. The zero-order valence-corrected chi connectivity index (χ0v) is 11.1. The summed E-state index contributed by atoms with van der Waals surface area (Å²) in [6.07, 6.45) is 1.26. The molecule has 2 nitrogen and oxygen atoms in total. The summed E-state index contributed by atoms with van der Waals surface area (Å²) in [6.45, 7) is 3.91. The van der Waals surface area contributed by atoms with Gasteiger partial charge in [-0.2, -0.15) is 0 Å². The Morgan fingerprint density at radius 2 is 1.63 bits per heavy atom. The van der Waals surface area contributed by atoms with Crippen molar-refractivity contribution in [2.24, 2.45) is 0 Å². The van der Waals surface area contributed by atoms with E-state index in [4.69, 9.17) is 0 Å². The molecule has 0 heterocycles. The Hall–Kier alpha value is -2.35. The lowest BCUT2D eigenvalue weighted by molar-refractivity contribution is 0.104. The predicted octanol–water partition coefficient (Wildman–Crippen LogP) is 4.09. The van der Waals surface area contributed by atoms with Crippen LogP contribution in [0.15, 0.2) is 54.6 Å². The number of carbonyl (C=O) groups is 1. The molecule has 2 heteroatoms. The van der Waals surface area contributed by atoms with Crippen LogP contribution in [0.2, 0.25) is 0 Å². The summed E-state index contributed by atoms with van der Waals surface area (Å²) >= 11 is 0. The number of aliphatic hydroxyl groups excluding tert-OH is 1. The maximum Gasteiger partial charge on any atom is 0.189 e. The van der Waals surface area contributed by atoms with Crippen LogP contribution in [0, 0.1) is 13.8 Å². The number of benzene rings is 2. The van der Waals surface area contributed by atoms with Crippen molar-refractivity contribution in [1.82, 2.24) is 0 Å². The largest absolute Gasteiger partial charge is 0.507 e. The van der Waals surface area contributed by atoms with Gasteiger partial charge < -0.3 is 5.11 Å². The van der Waals surface area contributed by atoms with E-state index in [-0.39, 0.29) is 11.5 Å². The van der Waals surface area contributed by atoms with Crippen LogP contribution in [0.3, 0.4) is 0 Å². The lowest BCUT2D eigenvalue weighted by Crippen LogP contribution is -1.96. The van der Waals surface area contributed by atoms with Gasteiger partial charge in [-0.15, -0.1) is 0 Å². The molecule has 0 radical (unpaired) electrons. The SMILES string of the molecule is Cc1ccc(C(=O)C=C(O)c2cccc(C)c2)cc1. The van der Waals surface area contributed by atoms with Crippen LogP contribution in [0.4, 0.5) is 0 Å². The van der Waals surface area contributed by atoms with Gasteiger partial charge in [-0.05, 0) is 19.9 Å². The fourth-order valence-electron chi connectivity index (χ4n) is 1.81. The normalized spacial score (nSPS) is 11.4. The molecule has 0 aliphatic rings. The van der Waals surface area contributed by atoms with Crippen LogP contribution in [0.25, 0.3) is 5.76 Å². The van der Waals surface area contributed by atoms with Crippen LogP contribution < -0.4 is 0 Å². The van der Waals surface area contributed by atoms with Crippen molar-refractivity contribution in [3.8, 4) is 0 Å². The lowest BCUT2D eigenvalue weighted by Gasteiger charge is -2.02. The number of ketones is 1. The fourth-order valence-corrected chi connectivity index (χ4v) is 1.81. The van der Waals surface area contributed by atoms with Gasteiger partial charge in [0.2, 0.25) is 0 Å². The van der Waals surface area contributed by atoms with Gasteiger partial charge >= 0.3 is 0 Å². The Labute approximate surface area is 113 Å². The first-order chi connectivity index (χ1) is 9.06. The van der Waals surface area contributed by atoms with Gasteiger partial charge in [0.05, 0.1) is 0 Å². The number of hydrogen-bond acceptors (Lipinski definition) is 2. The topological polar surface area (TPSA) is 37.3 Å². The molecule has 0 amide bonds. The molecule has 2 aromatic rings. The first-order valence-corrected chi connectivity index (χ1v) is 6.15. The summed E-state index contributed by atoms with van der Waals surface area (Å²) in [4.78, 5) is 12.0. The van der Waals surface area contributed by atoms with Crippen LogP contribution in [-0.2, 0) is 0 Å². The van der Waals surface area contributed by atoms with Crippen molar-refractivity contribution in [2.45, 2.75) is 13.8 Å². The Bertz CT molecular complexity index is 622. The van der Waals surface area contributed by atoms with E-state index in [0.717, 1.165) is 11.1 Å². The van der Waals surface area contributed by atoms with Crippen molar-refractivity contribution in [3.05, 3.63) is 76.9 Å². The standard InChI is InChI=1S/C17H16O2/c1-12-6-8-14(9-7-12)16(18)11-17(19)15-5-3-4-13(2)10-15/h3-11,19H,1-2H3. The highest BCUT2D eigenvalue weighted by atomic mass is 16.3. The molecule has 96 valence electrons. The molecule has 0 atom stereocenters. The minimum absolute atomic E-state index is 0.00530. The number of aliphatic hydroxyl groups is 1. The highest BCUT2D eigenvalue weighted by Gasteiger charge is 2.06. The van der Waals surface area contributed by atoms with E-state index in [1.54, 1.807) is 18.2 Å². The monoisotopic (exact) mass is 252 g/mol. The van der Waals surface area contributed by atoms with Crippen molar-refractivity contribution < 1.29 is 9.90 Å². The van der Waals surface area contributed by atoms with Gasteiger partial charge in [0.25, 0.3) is 0 Å². The van der Waals surface area contributed by atoms with Gasteiger partial charge in [-0.25, -0.2) is 0 Å². The molecule has 0 aromatic heterocycles. The molecule has 0 spiro atoms. The van der Waals surface area contributed by atoms with Crippen molar-refractivity contribution in [2.75, 3.05) is 0 Å². The Morgan fingerprint density at radius 3 is 2.26 bits per heavy atom. The molecular weight excluding hydrogens is 236 g/mol. The number of hydrogen-bond donors (Lipinski definition) is 1. The molecule has 0 unspecified atom stereocenters. The third kappa shape index (κ3) is 3.32. The van der Waals surface area contributed by atoms with E-state index in [1.165, 1.54) is 6.08 Å². The van der Waals surface area contributed by atoms with Gasteiger partial charge in [-0.1, -0.05) is 53.6 Å². The van der Waals surface area contributed by atoms with Gasteiger partial charge in [0.15, 0.2) is 5.78 Å². The minimum Gasteiger partial charge on any atom is -0.507 e. The minimum atomic E-state index is -0.195. The third-order valence-corrected chi connectivity index (χ3v) is 2.92. The van der Waals surface area contributed by atoms with E-state index in [2.05, 4.69) is 0 Å². The third-order valence-electron chi connectivity index (χ3n) is 2.92. The average Bonchev–Trinajstić information content (AvgIpc) is 2.39. The first-order valence-electron chi connectivity index (χ1n) is 6.15. The summed E-state index contributed by atoms with van der Waals surface area (Å²) in [5.74, 6) is -0.201. The van der Waals surface area contributed by atoms with Gasteiger partial charge in [0.1, 0.15) is 5.76 Å². The zero-order valence-electron chi connectivity index (χ0n) is 11.1. The first kappa shape index (κ1) is 13.1. The summed E-state index contributed by atoms with van der Waals surface area (Å²) in [5, 5.41) is 9.97. The molecule has 1 N–H and O–H groups in total. The summed E-state index contributed by atoms with van der Waals surface area (Å²) in [5.41, 5.74) is 3.37. The summed E-state index contributed by atoms with van der Waals surface area (Å²) in [7, 11) is 0. The van der Waals surface area contributed by atoms with E-state index in [1.807, 2.05) is 44.2 Å². The Morgan fingerprint density at radius 1 is 0.947 bits per heavy atom. The molecule has 0 aliphatic carbocycles. The highest BCUT2D eigenvalue weighted by Crippen LogP contribution is 2.14. The van der Waals surface area contributed by atoms with Crippen LogP contribution in [-0.4, -0.2) is 10.9 Å². The number of aryl methyl sites for hydroxylation is 2. The number of carbonyl (C=O) groups excluding carboxylic acids is 1. The van der Waals surface area contributed by atoms with Gasteiger partial charge in [-0.3, -0.25) is 4.79 Å². The second-order valence-electron chi connectivity index (χ2n) is 4.63. The molecule has 0 aliphatic heterocycles. The maximum atomic E-state index is 12.0. The lowest BCUT2D eigenvalue weighted by atomic mass is 10.1. The van der Waals surface area contributed by atoms with E-state index >= 15 is 0 Å². The quantitative estimate of drug-likeness (QED) is 0.507. The smallest absolute Gasteiger partial charge is 0.189 e. The number of rotatable bonds is 3. The molecule has 19 heavy (non-hydrogen) atoms. The zero-order chi connectivity index (χ0) is 13.8. The number of allylic oxidation sites excluding steroid dienone is 1. The molecular formula is C17H16O2. The van der Waals surface area contributed by atoms with Crippen LogP contribution in [0.5, 0.6) is 0 Å². The molecule has 2 aromatic carbocycles. The summed E-state index contributed by atoms with van der Waals surface area (Å²) < 4.78 is 0. The molecule has 2 rings (SSSR count). The van der Waals surface area contributed by atoms with Crippen molar-refractivity contribution in [3.63, 3.8) is 0 Å². The second-order valence-corrected chi connectivity index (χ2v) is 4.63. The molecule has 0 saturated heterocycles. The van der Waals surface area contributed by atoms with E-state index in [0.29, 0.717) is 11.1 Å². The second kappa shape index (κ2) is 5.53. The van der Waals surface area contributed by atoms with Crippen LogP contribution >= 0.6 is 0 Å². The average molecular weight is 252 g/mol. The molecule has 0 saturated carbocycles. The van der Waals surface area contributed by atoms with E-state index < -0.39 is 0 Å². The maximum absolute atomic E-state index is 12.0. The van der Waals surface area contributed by atoms with Crippen LogP contribution in [0.1, 0.15) is 27.0 Å². The Balaban J connectivity index is 2.25. The molecule has 0 bridgehead atoms. The van der Waals surface area contributed by atoms with E-state index in [9.17, 15) is 9.90 Å². The van der Waals surface area contributed by atoms with Crippen molar-refractivity contribution >= 4 is 11.5 Å². The Kier molecular flexibility index (Phi) is 3.81. The fraction of sp³-hybridized carbons (Fsp3) is 0.118.